The molecule has 2 heterocycles. The van der Waals surface area contributed by atoms with E-state index >= 15 is 0 Å². The summed E-state index contributed by atoms with van der Waals surface area (Å²) in [6.45, 7) is 9.11. The summed E-state index contributed by atoms with van der Waals surface area (Å²) in [7, 11) is 0. The summed E-state index contributed by atoms with van der Waals surface area (Å²) < 4.78 is 24.4. The van der Waals surface area contributed by atoms with Crippen molar-refractivity contribution in [1.29, 1.82) is 0 Å². The van der Waals surface area contributed by atoms with Crippen LogP contribution in [0.25, 0.3) is 0 Å². The highest BCUT2D eigenvalue weighted by molar-refractivity contribution is 5.17. The standard InChI is InChI=1S/C18H23FN2O2/c1-18(2,3)16-12-23-17(20-16)15-11-22-9-8-21(15)10-13-4-6-14(19)7-5-13/h4-7,12,15H,8-11H2,1-3H3/t15-/m0/s1. The maximum Gasteiger partial charge on any atom is 0.214 e. The third kappa shape index (κ3) is 3.79. The molecule has 1 aromatic carbocycles. The third-order valence-corrected chi connectivity index (χ3v) is 4.11. The van der Waals surface area contributed by atoms with Gasteiger partial charge in [0.2, 0.25) is 5.89 Å². The van der Waals surface area contributed by atoms with E-state index in [0.29, 0.717) is 19.1 Å². The molecule has 0 amide bonds. The first-order valence-corrected chi connectivity index (χ1v) is 7.95. The van der Waals surface area contributed by atoms with Gasteiger partial charge in [0.05, 0.1) is 18.9 Å². The quantitative estimate of drug-likeness (QED) is 0.865. The SMILES string of the molecule is CC(C)(C)c1coc([C@@H]2COCCN2Cc2ccc(F)cc2)n1. The van der Waals surface area contributed by atoms with Crippen LogP contribution >= 0.6 is 0 Å². The Kier molecular flexibility index (Phi) is 4.50. The highest BCUT2D eigenvalue weighted by Gasteiger charge is 2.30. The highest BCUT2D eigenvalue weighted by Crippen LogP contribution is 2.28. The van der Waals surface area contributed by atoms with E-state index in [1.165, 1.54) is 12.1 Å². The molecule has 1 aliphatic heterocycles. The Morgan fingerprint density at radius 2 is 2.00 bits per heavy atom. The van der Waals surface area contributed by atoms with Crippen molar-refractivity contribution in [2.24, 2.45) is 0 Å². The van der Waals surface area contributed by atoms with E-state index in [4.69, 9.17) is 9.15 Å². The fraction of sp³-hybridized carbons (Fsp3) is 0.500. The second-order valence-electron chi connectivity index (χ2n) is 7.01. The zero-order chi connectivity index (χ0) is 16.4. The van der Waals surface area contributed by atoms with Gasteiger partial charge in [0, 0.05) is 18.5 Å². The molecule has 1 fully saturated rings. The lowest BCUT2D eigenvalue weighted by atomic mass is 9.93. The molecular formula is C18H23FN2O2. The summed E-state index contributed by atoms with van der Waals surface area (Å²) in [5.74, 6) is 0.478. The Morgan fingerprint density at radius 1 is 1.26 bits per heavy atom. The molecule has 1 atom stereocenters. The average molecular weight is 318 g/mol. The van der Waals surface area contributed by atoms with E-state index in [-0.39, 0.29) is 17.3 Å². The van der Waals surface area contributed by atoms with Gasteiger partial charge in [-0.2, -0.15) is 0 Å². The lowest BCUT2D eigenvalue weighted by Gasteiger charge is -2.33. The van der Waals surface area contributed by atoms with Crippen molar-refractivity contribution in [3.8, 4) is 0 Å². The number of hydrogen-bond donors (Lipinski definition) is 0. The predicted molar refractivity (Wildman–Crippen MR) is 85.6 cm³/mol. The van der Waals surface area contributed by atoms with Crippen LogP contribution in [0.5, 0.6) is 0 Å². The van der Waals surface area contributed by atoms with Crippen LogP contribution in [0.3, 0.4) is 0 Å². The van der Waals surface area contributed by atoms with Crippen molar-refractivity contribution in [3.05, 3.63) is 53.5 Å². The molecule has 0 spiro atoms. The number of nitrogens with zero attached hydrogens (tertiary/aromatic N) is 2. The van der Waals surface area contributed by atoms with E-state index in [2.05, 4.69) is 30.7 Å². The number of benzene rings is 1. The molecule has 1 aliphatic rings. The number of hydrogen-bond acceptors (Lipinski definition) is 4. The molecule has 1 saturated heterocycles. The summed E-state index contributed by atoms with van der Waals surface area (Å²) in [5, 5.41) is 0. The number of oxazole rings is 1. The molecule has 2 aromatic rings. The van der Waals surface area contributed by atoms with E-state index in [0.717, 1.165) is 24.3 Å². The molecule has 23 heavy (non-hydrogen) atoms. The number of ether oxygens (including phenoxy) is 1. The van der Waals surface area contributed by atoms with Crippen LogP contribution in [0.1, 0.15) is 44.0 Å². The monoisotopic (exact) mass is 318 g/mol. The first-order chi connectivity index (χ1) is 10.9. The van der Waals surface area contributed by atoms with Gasteiger partial charge < -0.3 is 9.15 Å². The van der Waals surface area contributed by atoms with Crippen LogP contribution in [0.4, 0.5) is 4.39 Å². The number of halogens is 1. The van der Waals surface area contributed by atoms with E-state index < -0.39 is 0 Å². The zero-order valence-corrected chi connectivity index (χ0v) is 13.9. The summed E-state index contributed by atoms with van der Waals surface area (Å²) >= 11 is 0. The second-order valence-corrected chi connectivity index (χ2v) is 7.01. The van der Waals surface area contributed by atoms with Crippen LogP contribution < -0.4 is 0 Å². The largest absolute Gasteiger partial charge is 0.447 e. The minimum Gasteiger partial charge on any atom is -0.447 e. The summed E-state index contributed by atoms with van der Waals surface area (Å²) in [4.78, 5) is 6.94. The molecular weight excluding hydrogens is 295 g/mol. The predicted octanol–water partition coefficient (Wildman–Crippen LogP) is 3.68. The van der Waals surface area contributed by atoms with Crippen LogP contribution in [0, 0.1) is 5.82 Å². The molecule has 0 bridgehead atoms. The van der Waals surface area contributed by atoms with Crippen molar-refractivity contribution in [3.63, 3.8) is 0 Å². The van der Waals surface area contributed by atoms with Crippen molar-refractivity contribution < 1.29 is 13.5 Å². The minimum absolute atomic E-state index is 0.00935. The summed E-state index contributed by atoms with van der Waals surface area (Å²) in [6, 6.07) is 6.61. The Labute approximate surface area is 136 Å². The maximum atomic E-state index is 13.1. The molecule has 0 saturated carbocycles. The Morgan fingerprint density at radius 3 is 2.65 bits per heavy atom. The van der Waals surface area contributed by atoms with Gasteiger partial charge in [0.15, 0.2) is 0 Å². The smallest absolute Gasteiger partial charge is 0.214 e. The maximum absolute atomic E-state index is 13.1. The minimum atomic E-state index is -0.213. The van der Waals surface area contributed by atoms with Gasteiger partial charge >= 0.3 is 0 Å². The number of morpholine rings is 1. The zero-order valence-electron chi connectivity index (χ0n) is 13.9. The van der Waals surface area contributed by atoms with Gasteiger partial charge in [-0.15, -0.1) is 0 Å². The second kappa shape index (κ2) is 6.42. The molecule has 0 N–H and O–H groups in total. The average Bonchev–Trinajstić information content (AvgIpc) is 3.00. The fourth-order valence-electron chi connectivity index (χ4n) is 2.66. The van der Waals surface area contributed by atoms with Crippen molar-refractivity contribution in [2.45, 2.75) is 38.8 Å². The van der Waals surface area contributed by atoms with Crippen molar-refractivity contribution >= 4 is 0 Å². The summed E-state index contributed by atoms with van der Waals surface area (Å²) in [6.07, 6.45) is 1.74. The third-order valence-electron chi connectivity index (χ3n) is 4.11. The lowest BCUT2D eigenvalue weighted by molar-refractivity contribution is -0.0223. The molecule has 1 aromatic heterocycles. The van der Waals surface area contributed by atoms with Gasteiger partial charge in [-0.25, -0.2) is 9.37 Å². The topological polar surface area (TPSA) is 38.5 Å². The Bertz CT molecular complexity index is 646. The van der Waals surface area contributed by atoms with E-state index in [1.807, 2.05) is 12.1 Å². The molecule has 3 rings (SSSR count). The normalized spacial score (nSPS) is 19.9. The number of aromatic nitrogens is 1. The van der Waals surface area contributed by atoms with Crippen LogP contribution in [-0.2, 0) is 16.7 Å². The van der Waals surface area contributed by atoms with Crippen molar-refractivity contribution in [2.75, 3.05) is 19.8 Å². The Hall–Kier alpha value is -1.72. The van der Waals surface area contributed by atoms with Crippen LogP contribution in [-0.4, -0.2) is 29.6 Å². The molecule has 124 valence electrons. The fourth-order valence-corrected chi connectivity index (χ4v) is 2.66. The van der Waals surface area contributed by atoms with Gasteiger partial charge in [0.1, 0.15) is 18.1 Å². The van der Waals surface area contributed by atoms with Crippen LogP contribution in [0.15, 0.2) is 34.9 Å². The van der Waals surface area contributed by atoms with E-state index in [1.54, 1.807) is 6.26 Å². The molecule has 0 unspecified atom stereocenters. The van der Waals surface area contributed by atoms with E-state index in [9.17, 15) is 4.39 Å². The van der Waals surface area contributed by atoms with Gasteiger partial charge in [-0.1, -0.05) is 32.9 Å². The first-order valence-electron chi connectivity index (χ1n) is 7.95. The Balaban J connectivity index is 1.78. The molecule has 0 aliphatic carbocycles. The molecule has 0 radical (unpaired) electrons. The van der Waals surface area contributed by atoms with Crippen LogP contribution in [0.2, 0.25) is 0 Å². The summed E-state index contributed by atoms with van der Waals surface area (Å²) in [5.41, 5.74) is 1.97. The van der Waals surface area contributed by atoms with Gasteiger partial charge in [-0.3, -0.25) is 4.90 Å². The van der Waals surface area contributed by atoms with Gasteiger partial charge in [0.25, 0.3) is 0 Å². The number of rotatable bonds is 3. The highest BCUT2D eigenvalue weighted by atomic mass is 19.1. The first kappa shape index (κ1) is 16.1. The lowest BCUT2D eigenvalue weighted by Crippen LogP contribution is -2.39. The van der Waals surface area contributed by atoms with Crippen molar-refractivity contribution in [1.82, 2.24) is 9.88 Å². The molecule has 5 heteroatoms. The molecule has 4 nitrogen and oxygen atoms in total. The van der Waals surface area contributed by atoms with Gasteiger partial charge in [-0.05, 0) is 17.7 Å².